The molecule has 1 N–H and O–H groups in total. The first-order chi connectivity index (χ1) is 20.3. The summed E-state index contributed by atoms with van der Waals surface area (Å²) >= 11 is 12.3. The fourth-order valence-electron chi connectivity index (χ4n) is 4.30. The number of benzene rings is 3. The van der Waals surface area contributed by atoms with Gasteiger partial charge in [-0.3, -0.25) is 14.5 Å². The van der Waals surface area contributed by atoms with Gasteiger partial charge in [-0.2, -0.15) is 0 Å². The molecule has 214 valence electrons. The lowest BCUT2D eigenvalue weighted by Gasteiger charge is -2.19. The minimum Gasteiger partial charge on any atom is -0.488 e. The van der Waals surface area contributed by atoms with Crippen LogP contribution < -0.4 is 9.47 Å². The number of nitrogens with zero attached hydrogens (tertiary/aromatic N) is 2. The first-order valence-electron chi connectivity index (χ1n) is 12.9. The van der Waals surface area contributed by atoms with Crippen LogP contribution in [0.25, 0.3) is 6.08 Å². The molecular weight excluding hydrogens is 596 g/mol. The van der Waals surface area contributed by atoms with E-state index >= 15 is 0 Å². The summed E-state index contributed by atoms with van der Waals surface area (Å²) in [6.07, 6.45) is 3.17. The molecule has 1 aliphatic heterocycles. The summed E-state index contributed by atoms with van der Waals surface area (Å²) in [5.74, 6) is 0.0331. The third-order valence-corrected chi connectivity index (χ3v) is 8.01. The molecule has 2 heterocycles. The summed E-state index contributed by atoms with van der Waals surface area (Å²) < 4.78 is 18.3. The highest BCUT2D eigenvalue weighted by atomic mass is 35.5. The van der Waals surface area contributed by atoms with Crippen LogP contribution in [0.15, 0.2) is 88.5 Å². The van der Waals surface area contributed by atoms with Gasteiger partial charge < -0.3 is 19.0 Å². The molecule has 42 heavy (non-hydrogen) atoms. The summed E-state index contributed by atoms with van der Waals surface area (Å²) in [5, 5.41) is 9.79. The van der Waals surface area contributed by atoms with E-state index < -0.39 is 24.5 Å². The molecule has 0 spiro atoms. The summed E-state index contributed by atoms with van der Waals surface area (Å²) in [5.41, 5.74) is 3.26. The number of oxazole rings is 1. The number of hydrogen-bond acceptors (Lipinski definition) is 8. The van der Waals surface area contributed by atoms with Crippen LogP contribution in [0.2, 0.25) is 5.02 Å². The van der Waals surface area contributed by atoms with Gasteiger partial charge in [-0.05, 0) is 48.4 Å². The van der Waals surface area contributed by atoms with Crippen LogP contribution in [-0.4, -0.2) is 37.7 Å². The van der Waals surface area contributed by atoms with E-state index in [1.807, 2.05) is 49.4 Å². The normalized spacial score (nSPS) is 14.8. The van der Waals surface area contributed by atoms with Crippen molar-refractivity contribution in [1.82, 2.24) is 9.88 Å². The molecule has 8 nitrogen and oxygen atoms in total. The van der Waals surface area contributed by atoms with E-state index in [2.05, 4.69) is 4.98 Å². The Morgan fingerprint density at radius 3 is 2.60 bits per heavy atom. The Bertz CT molecular complexity index is 1640. The van der Waals surface area contributed by atoms with Gasteiger partial charge in [-0.15, -0.1) is 0 Å². The Balaban J connectivity index is 1.46. The number of carboxylic acids is 1. The lowest BCUT2D eigenvalue weighted by Crippen LogP contribution is -2.33. The van der Waals surface area contributed by atoms with Crippen LogP contribution in [0.1, 0.15) is 34.2 Å². The van der Waals surface area contributed by atoms with Gasteiger partial charge in [0.05, 0.1) is 4.91 Å². The zero-order chi connectivity index (χ0) is 29.6. The van der Waals surface area contributed by atoms with E-state index in [0.29, 0.717) is 44.9 Å². The summed E-state index contributed by atoms with van der Waals surface area (Å²) in [6, 6.07) is 22.6. The third-order valence-electron chi connectivity index (χ3n) is 6.38. The number of aromatic nitrogens is 1. The zero-order valence-corrected chi connectivity index (χ0v) is 24.7. The Kier molecular flexibility index (Phi) is 9.26. The van der Waals surface area contributed by atoms with Crippen molar-refractivity contribution < 1.29 is 28.6 Å². The van der Waals surface area contributed by atoms with E-state index in [4.69, 9.17) is 37.7 Å². The molecule has 1 aliphatic rings. The topological polar surface area (TPSA) is 102 Å². The maximum absolute atomic E-state index is 12.9. The average molecular weight is 621 g/mol. The molecule has 1 amide bonds. The summed E-state index contributed by atoms with van der Waals surface area (Å²) in [4.78, 5) is 29.9. The largest absolute Gasteiger partial charge is 0.488 e. The van der Waals surface area contributed by atoms with E-state index in [9.17, 15) is 14.7 Å². The minimum atomic E-state index is -1.14. The number of aliphatic carboxylic acids is 1. The molecule has 1 saturated heterocycles. The number of aryl methyl sites for hydroxylation is 1. The molecule has 1 fully saturated rings. The SMILES string of the molecule is Cc1ocnc1C(Cc1ccccc1)Oc1ccc(C=C2SC(=S)N(CC(=O)O)C2=O)c(OCc2ccc(Cl)cc2)c1. The molecule has 0 bridgehead atoms. The van der Waals surface area contributed by atoms with Crippen LogP contribution in [0.4, 0.5) is 0 Å². The van der Waals surface area contributed by atoms with Crippen LogP contribution in [0.5, 0.6) is 11.5 Å². The monoisotopic (exact) mass is 620 g/mol. The molecule has 1 unspecified atom stereocenters. The molecule has 1 atom stereocenters. The predicted octanol–water partition coefficient (Wildman–Crippen LogP) is 6.86. The fourth-order valence-corrected chi connectivity index (χ4v) is 5.67. The molecule has 1 aromatic heterocycles. The maximum atomic E-state index is 12.9. The van der Waals surface area contributed by atoms with Gasteiger partial charge in [0, 0.05) is 23.1 Å². The first-order valence-corrected chi connectivity index (χ1v) is 14.5. The van der Waals surface area contributed by atoms with Crippen molar-refractivity contribution in [3.63, 3.8) is 0 Å². The molecule has 3 aromatic carbocycles. The number of carbonyl (C=O) groups excluding carboxylic acids is 1. The van der Waals surface area contributed by atoms with Crippen molar-refractivity contribution in [2.24, 2.45) is 0 Å². The Labute approximate surface area is 256 Å². The number of carboxylic acid groups (broad SMARTS) is 1. The number of thiocarbonyl (C=S) groups is 1. The third kappa shape index (κ3) is 7.20. The maximum Gasteiger partial charge on any atom is 0.323 e. The second-order valence-corrected chi connectivity index (χ2v) is 11.5. The lowest BCUT2D eigenvalue weighted by molar-refractivity contribution is -0.140. The van der Waals surface area contributed by atoms with Crippen molar-refractivity contribution in [2.75, 3.05) is 6.54 Å². The van der Waals surface area contributed by atoms with Gasteiger partial charge in [0.25, 0.3) is 5.91 Å². The lowest BCUT2D eigenvalue weighted by atomic mass is 10.0. The molecule has 5 rings (SSSR count). The Morgan fingerprint density at radius 1 is 1.14 bits per heavy atom. The minimum absolute atomic E-state index is 0.184. The first kappa shape index (κ1) is 29.4. The van der Waals surface area contributed by atoms with Gasteiger partial charge >= 0.3 is 5.97 Å². The summed E-state index contributed by atoms with van der Waals surface area (Å²) in [7, 11) is 0. The average Bonchev–Trinajstić information content (AvgIpc) is 3.51. The molecule has 4 aromatic rings. The second kappa shape index (κ2) is 13.2. The van der Waals surface area contributed by atoms with Crippen molar-refractivity contribution >= 4 is 57.9 Å². The number of halogens is 1. The van der Waals surface area contributed by atoms with Crippen LogP contribution in [0, 0.1) is 6.92 Å². The standard InChI is InChI=1S/C31H25ClN2O6S2/c1-19-29(33-18-39-19)26(13-20-5-3-2-4-6-20)40-24-12-9-22(14-27-30(37)34(16-28(35)36)31(41)42-27)25(15-24)38-17-21-7-10-23(32)11-8-21/h2-12,14-15,18,26H,13,16-17H2,1H3,(H,35,36). The smallest absolute Gasteiger partial charge is 0.323 e. The highest BCUT2D eigenvalue weighted by Crippen LogP contribution is 2.37. The second-order valence-electron chi connectivity index (χ2n) is 9.37. The summed E-state index contributed by atoms with van der Waals surface area (Å²) in [6.45, 7) is 1.57. The van der Waals surface area contributed by atoms with Crippen molar-refractivity contribution in [2.45, 2.75) is 26.1 Å². The molecule has 0 aliphatic carbocycles. The number of hydrogen-bond donors (Lipinski definition) is 1. The van der Waals surface area contributed by atoms with Gasteiger partial charge in [0.15, 0.2) is 6.39 Å². The van der Waals surface area contributed by atoms with Gasteiger partial charge in [0.2, 0.25) is 0 Å². The highest BCUT2D eigenvalue weighted by molar-refractivity contribution is 8.26. The molecular formula is C31H25ClN2O6S2. The number of thioether (sulfide) groups is 1. The van der Waals surface area contributed by atoms with Crippen LogP contribution in [0.3, 0.4) is 0 Å². The van der Waals surface area contributed by atoms with E-state index in [1.165, 1.54) is 6.39 Å². The van der Waals surface area contributed by atoms with Gasteiger partial charge in [-0.1, -0.05) is 78.0 Å². The van der Waals surface area contributed by atoms with Crippen molar-refractivity contribution in [1.29, 1.82) is 0 Å². The Morgan fingerprint density at radius 2 is 1.90 bits per heavy atom. The molecule has 0 saturated carbocycles. The van der Waals surface area contributed by atoms with E-state index in [-0.39, 0.29) is 10.9 Å². The number of amides is 1. The van der Waals surface area contributed by atoms with Crippen molar-refractivity contribution in [3.8, 4) is 11.5 Å². The fraction of sp³-hybridized carbons (Fsp3) is 0.161. The van der Waals surface area contributed by atoms with Crippen LogP contribution >= 0.6 is 35.6 Å². The quantitative estimate of drug-likeness (QED) is 0.142. The molecule has 0 radical (unpaired) electrons. The Hall–Kier alpha value is -4.12. The predicted molar refractivity (Wildman–Crippen MR) is 164 cm³/mol. The van der Waals surface area contributed by atoms with Crippen molar-refractivity contribution in [3.05, 3.63) is 117 Å². The number of rotatable bonds is 11. The number of ether oxygens (including phenoxy) is 2. The van der Waals surface area contributed by atoms with Gasteiger partial charge in [-0.25, -0.2) is 4.98 Å². The molecule has 11 heteroatoms. The van der Waals surface area contributed by atoms with Gasteiger partial charge in [0.1, 0.15) is 46.5 Å². The van der Waals surface area contributed by atoms with E-state index in [1.54, 1.807) is 36.4 Å². The highest BCUT2D eigenvalue weighted by Gasteiger charge is 2.33. The van der Waals surface area contributed by atoms with E-state index in [0.717, 1.165) is 27.8 Å². The number of carbonyl (C=O) groups is 2. The van der Waals surface area contributed by atoms with Crippen LogP contribution in [-0.2, 0) is 22.6 Å². The zero-order valence-electron chi connectivity index (χ0n) is 22.4.